The lowest BCUT2D eigenvalue weighted by atomic mass is 9.89. The minimum Gasteiger partial charge on any atom is -0.392 e. The number of fused-ring (bicyclic) bond motifs is 3. The third-order valence-corrected chi connectivity index (χ3v) is 4.18. The Bertz CT molecular complexity index is 576. The summed E-state index contributed by atoms with van der Waals surface area (Å²) in [7, 11) is 0. The molecule has 0 spiro atoms. The molecular formula is C18H20O. The molecule has 19 heavy (non-hydrogen) atoms. The lowest BCUT2D eigenvalue weighted by Gasteiger charge is -2.19. The molecule has 3 rings (SSSR count). The average Bonchev–Trinajstić information content (AvgIpc) is 2.71. The third-order valence-electron chi connectivity index (χ3n) is 4.18. The topological polar surface area (TPSA) is 20.2 Å². The first-order chi connectivity index (χ1) is 9.11. The second-order valence-electron chi connectivity index (χ2n) is 5.63. The molecule has 0 radical (unpaired) electrons. The third kappa shape index (κ3) is 1.89. The molecule has 1 aliphatic rings. The molecule has 1 N–H and O–H groups in total. The van der Waals surface area contributed by atoms with Gasteiger partial charge >= 0.3 is 0 Å². The fourth-order valence-corrected chi connectivity index (χ4v) is 3.17. The Morgan fingerprint density at radius 1 is 0.947 bits per heavy atom. The van der Waals surface area contributed by atoms with Crippen molar-refractivity contribution in [1.29, 1.82) is 0 Å². The van der Waals surface area contributed by atoms with Gasteiger partial charge in [-0.3, -0.25) is 0 Å². The Balaban J connectivity index is 2.26. The summed E-state index contributed by atoms with van der Waals surface area (Å²) in [6.07, 6.45) is 0.482. The molecule has 1 atom stereocenters. The smallest absolute Gasteiger partial charge is 0.0647 e. The van der Waals surface area contributed by atoms with E-state index in [9.17, 15) is 5.11 Å². The Morgan fingerprint density at radius 2 is 1.42 bits per heavy atom. The van der Waals surface area contributed by atoms with Crippen molar-refractivity contribution < 1.29 is 5.11 Å². The lowest BCUT2D eigenvalue weighted by molar-refractivity contribution is 0.154. The molecule has 0 aliphatic heterocycles. The van der Waals surface area contributed by atoms with E-state index in [0.717, 1.165) is 6.42 Å². The fraction of sp³-hybridized carbons (Fsp3) is 0.333. The number of rotatable bonds is 2. The van der Waals surface area contributed by atoms with Gasteiger partial charge in [-0.05, 0) is 42.5 Å². The molecule has 1 aliphatic carbocycles. The number of hydrogen-bond acceptors (Lipinski definition) is 1. The first-order valence-electron chi connectivity index (χ1n) is 7.01. The molecule has 2 aromatic rings. The van der Waals surface area contributed by atoms with Crippen molar-refractivity contribution in [3.05, 3.63) is 58.7 Å². The van der Waals surface area contributed by atoms with Gasteiger partial charge < -0.3 is 5.11 Å². The zero-order valence-electron chi connectivity index (χ0n) is 11.8. The highest BCUT2D eigenvalue weighted by Crippen LogP contribution is 2.47. The van der Waals surface area contributed by atoms with Gasteiger partial charge in [0.15, 0.2) is 0 Å². The number of aliphatic hydroxyl groups excluding tert-OH is 1. The maximum Gasteiger partial charge on any atom is 0.0647 e. The van der Waals surface area contributed by atoms with Gasteiger partial charge in [0.1, 0.15) is 0 Å². The van der Waals surface area contributed by atoms with Gasteiger partial charge in [0.05, 0.1) is 6.10 Å². The molecule has 0 amide bonds. The van der Waals surface area contributed by atoms with E-state index in [2.05, 4.69) is 50.2 Å². The molecule has 1 heteroatoms. The zero-order valence-corrected chi connectivity index (χ0v) is 11.8. The van der Waals surface area contributed by atoms with Gasteiger partial charge in [-0.1, -0.05) is 54.4 Å². The molecule has 0 saturated heterocycles. The molecule has 0 heterocycles. The van der Waals surface area contributed by atoms with Crippen LogP contribution >= 0.6 is 0 Å². The predicted octanol–water partition coefficient (Wildman–Crippen LogP) is 4.19. The minimum atomic E-state index is -0.301. The maximum atomic E-state index is 10.4. The lowest BCUT2D eigenvalue weighted by Crippen LogP contribution is -2.16. The minimum absolute atomic E-state index is 0.135. The standard InChI is InChI=1S/C18H20O/c1-4-17(19)18-13-7-5-11(2)9-15(13)16-10-12(3)6-8-14(16)18/h5-10,17-19H,4H2,1-3H3. The van der Waals surface area contributed by atoms with E-state index >= 15 is 0 Å². The summed E-state index contributed by atoms with van der Waals surface area (Å²) in [5.74, 6) is 0.135. The van der Waals surface area contributed by atoms with E-state index < -0.39 is 0 Å². The van der Waals surface area contributed by atoms with Crippen molar-refractivity contribution in [2.75, 3.05) is 0 Å². The van der Waals surface area contributed by atoms with Crippen molar-refractivity contribution in [3.63, 3.8) is 0 Å². The SMILES string of the molecule is CCC(O)C1c2ccc(C)cc2-c2cc(C)ccc21. The first-order valence-corrected chi connectivity index (χ1v) is 7.01. The second-order valence-corrected chi connectivity index (χ2v) is 5.63. The number of hydrogen-bond donors (Lipinski definition) is 1. The van der Waals surface area contributed by atoms with Crippen molar-refractivity contribution in [1.82, 2.24) is 0 Å². The molecule has 98 valence electrons. The summed E-state index contributed by atoms with van der Waals surface area (Å²) in [5, 5.41) is 10.4. The van der Waals surface area contributed by atoms with E-state index in [4.69, 9.17) is 0 Å². The van der Waals surface area contributed by atoms with E-state index in [1.807, 2.05) is 6.92 Å². The van der Waals surface area contributed by atoms with Gasteiger partial charge in [-0.15, -0.1) is 0 Å². The highest BCUT2D eigenvalue weighted by Gasteiger charge is 2.32. The van der Waals surface area contributed by atoms with Crippen LogP contribution in [-0.2, 0) is 0 Å². The van der Waals surface area contributed by atoms with Crippen molar-refractivity contribution >= 4 is 0 Å². The van der Waals surface area contributed by atoms with Crippen molar-refractivity contribution in [2.24, 2.45) is 0 Å². The Kier molecular flexibility index (Phi) is 2.94. The fourth-order valence-electron chi connectivity index (χ4n) is 3.17. The molecule has 1 unspecified atom stereocenters. The summed E-state index contributed by atoms with van der Waals surface area (Å²) in [5.41, 5.74) is 7.71. The summed E-state index contributed by atoms with van der Waals surface area (Å²) < 4.78 is 0. The zero-order chi connectivity index (χ0) is 13.6. The van der Waals surface area contributed by atoms with Gasteiger partial charge in [0, 0.05) is 5.92 Å². The van der Waals surface area contributed by atoms with E-state index in [-0.39, 0.29) is 12.0 Å². The molecule has 1 nitrogen and oxygen atoms in total. The largest absolute Gasteiger partial charge is 0.392 e. The van der Waals surface area contributed by atoms with Gasteiger partial charge in [-0.2, -0.15) is 0 Å². The summed E-state index contributed by atoms with van der Waals surface area (Å²) >= 11 is 0. The molecule has 2 aromatic carbocycles. The Hall–Kier alpha value is -1.60. The Morgan fingerprint density at radius 3 is 1.84 bits per heavy atom. The van der Waals surface area contributed by atoms with E-state index in [1.54, 1.807) is 0 Å². The number of aryl methyl sites for hydroxylation is 2. The van der Waals surface area contributed by atoms with Crippen LogP contribution in [0.15, 0.2) is 36.4 Å². The van der Waals surface area contributed by atoms with Crippen molar-refractivity contribution in [2.45, 2.75) is 39.2 Å². The van der Waals surface area contributed by atoms with Gasteiger partial charge in [0.25, 0.3) is 0 Å². The van der Waals surface area contributed by atoms with Crippen LogP contribution in [0.4, 0.5) is 0 Å². The first kappa shape index (κ1) is 12.4. The molecule has 0 bridgehead atoms. The van der Waals surface area contributed by atoms with Crippen molar-refractivity contribution in [3.8, 4) is 11.1 Å². The highest BCUT2D eigenvalue weighted by molar-refractivity contribution is 5.80. The molecule has 0 saturated carbocycles. The maximum absolute atomic E-state index is 10.4. The average molecular weight is 252 g/mol. The predicted molar refractivity (Wildman–Crippen MR) is 79.5 cm³/mol. The monoisotopic (exact) mass is 252 g/mol. The van der Waals surface area contributed by atoms with Crippen LogP contribution in [0.1, 0.15) is 41.5 Å². The van der Waals surface area contributed by atoms with Crippen LogP contribution in [0.5, 0.6) is 0 Å². The number of benzene rings is 2. The van der Waals surface area contributed by atoms with E-state index in [0.29, 0.717) is 0 Å². The van der Waals surface area contributed by atoms with Gasteiger partial charge in [0.2, 0.25) is 0 Å². The van der Waals surface area contributed by atoms with Crippen LogP contribution in [0.2, 0.25) is 0 Å². The van der Waals surface area contributed by atoms with Crippen LogP contribution in [0, 0.1) is 13.8 Å². The summed E-state index contributed by atoms with van der Waals surface area (Å²) in [6, 6.07) is 13.2. The molecular weight excluding hydrogens is 232 g/mol. The van der Waals surface area contributed by atoms with Gasteiger partial charge in [-0.25, -0.2) is 0 Å². The highest BCUT2D eigenvalue weighted by atomic mass is 16.3. The van der Waals surface area contributed by atoms with E-state index in [1.165, 1.54) is 33.4 Å². The normalized spacial score (nSPS) is 15.2. The Labute approximate surface area is 114 Å². The van der Waals surface area contributed by atoms with Crippen LogP contribution in [0.25, 0.3) is 11.1 Å². The van der Waals surface area contributed by atoms with Crippen LogP contribution in [0.3, 0.4) is 0 Å². The quantitative estimate of drug-likeness (QED) is 0.849. The molecule has 0 aromatic heterocycles. The molecule has 0 fully saturated rings. The summed E-state index contributed by atoms with van der Waals surface area (Å²) in [4.78, 5) is 0. The second kappa shape index (κ2) is 4.50. The van der Waals surface area contributed by atoms with Crippen LogP contribution < -0.4 is 0 Å². The number of aliphatic hydroxyl groups is 1. The summed E-state index contributed by atoms with van der Waals surface area (Å²) in [6.45, 7) is 6.30. The van der Waals surface area contributed by atoms with Crippen LogP contribution in [-0.4, -0.2) is 11.2 Å².